The van der Waals surface area contributed by atoms with E-state index in [1.165, 1.54) is 0 Å². The van der Waals surface area contributed by atoms with Crippen molar-refractivity contribution in [2.45, 2.75) is 70.8 Å². The maximum Gasteiger partial charge on any atom is 0.249 e. The Morgan fingerprint density at radius 3 is 2.25 bits per heavy atom. The molecule has 4 heteroatoms. The molecule has 1 aliphatic heterocycles. The minimum atomic E-state index is -0.965. The fourth-order valence-corrected chi connectivity index (χ4v) is 1.54. The minimum Gasteiger partial charge on any atom is -0.388 e. The van der Waals surface area contributed by atoms with Gasteiger partial charge >= 0.3 is 0 Å². The van der Waals surface area contributed by atoms with Crippen LogP contribution in [0.5, 0.6) is 0 Å². The molecule has 1 rings (SSSR count). The SMILES string of the molecule is CC1CCC(C(=O)NC(C)(C)C(C)(C)O)O1. The third kappa shape index (κ3) is 2.95. The summed E-state index contributed by atoms with van der Waals surface area (Å²) >= 11 is 0. The van der Waals surface area contributed by atoms with Crippen LogP contribution in [-0.4, -0.2) is 34.4 Å². The molecule has 2 N–H and O–H groups in total. The highest BCUT2D eigenvalue weighted by molar-refractivity contribution is 5.81. The minimum absolute atomic E-state index is 0.128. The van der Waals surface area contributed by atoms with Crippen LogP contribution in [0, 0.1) is 0 Å². The number of ether oxygens (including phenoxy) is 1. The molecular weight excluding hydrogens is 206 g/mol. The third-order valence-corrected chi connectivity index (χ3v) is 3.49. The van der Waals surface area contributed by atoms with Gasteiger partial charge in [-0.2, -0.15) is 0 Å². The van der Waals surface area contributed by atoms with Crippen LogP contribution < -0.4 is 5.32 Å². The Balaban J connectivity index is 2.58. The molecule has 0 bridgehead atoms. The van der Waals surface area contributed by atoms with Gasteiger partial charge in [0, 0.05) is 0 Å². The predicted molar refractivity (Wildman–Crippen MR) is 62.1 cm³/mol. The second-order valence-electron chi connectivity index (χ2n) is 5.69. The van der Waals surface area contributed by atoms with E-state index < -0.39 is 11.1 Å². The molecule has 0 aromatic heterocycles. The summed E-state index contributed by atoms with van der Waals surface area (Å²) in [7, 11) is 0. The van der Waals surface area contributed by atoms with Gasteiger partial charge < -0.3 is 15.2 Å². The highest BCUT2D eigenvalue weighted by Crippen LogP contribution is 2.23. The van der Waals surface area contributed by atoms with Crippen molar-refractivity contribution in [2.75, 3.05) is 0 Å². The standard InChI is InChI=1S/C12H23NO3/c1-8-6-7-9(16-8)10(14)13-11(2,3)12(4,5)15/h8-9,15H,6-7H2,1-5H3,(H,13,14). The number of carbonyl (C=O) groups is 1. The highest BCUT2D eigenvalue weighted by Gasteiger charge is 2.39. The number of aliphatic hydroxyl groups is 1. The molecule has 1 amide bonds. The Hall–Kier alpha value is -0.610. The van der Waals surface area contributed by atoms with Crippen molar-refractivity contribution < 1.29 is 14.6 Å². The highest BCUT2D eigenvalue weighted by atomic mass is 16.5. The summed E-state index contributed by atoms with van der Waals surface area (Å²) in [4.78, 5) is 11.9. The van der Waals surface area contributed by atoms with E-state index >= 15 is 0 Å². The molecule has 94 valence electrons. The maximum atomic E-state index is 11.9. The monoisotopic (exact) mass is 229 g/mol. The van der Waals surface area contributed by atoms with Crippen molar-refractivity contribution in [2.24, 2.45) is 0 Å². The lowest BCUT2D eigenvalue weighted by molar-refractivity contribution is -0.136. The zero-order valence-corrected chi connectivity index (χ0v) is 10.8. The van der Waals surface area contributed by atoms with Crippen LogP contribution in [0.4, 0.5) is 0 Å². The van der Waals surface area contributed by atoms with Gasteiger partial charge in [0.25, 0.3) is 0 Å². The lowest BCUT2D eigenvalue weighted by Crippen LogP contribution is -2.59. The van der Waals surface area contributed by atoms with Crippen molar-refractivity contribution in [1.82, 2.24) is 5.32 Å². The Kier molecular flexibility index (Phi) is 3.65. The van der Waals surface area contributed by atoms with Gasteiger partial charge in [-0.15, -0.1) is 0 Å². The van der Waals surface area contributed by atoms with E-state index in [1.54, 1.807) is 13.8 Å². The average Bonchev–Trinajstić information content (AvgIpc) is 2.48. The molecule has 1 fully saturated rings. The molecule has 0 saturated carbocycles. The number of rotatable bonds is 3. The Labute approximate surface area is 97.4 Å². The van der Waals surface area contributed by atoms with Gasteiger partial charge in [0.15, 0.2) is 0 Å². The smallest absolute Gasteiger partial charge is 0.249 e. The fraction of sp³-hybridized carbons (Fsp3) is 0.917. The summed E-state index contributed by atoms with van der Waals surface area (Å²) in [5.41, 5.74) is -1.63. The summed E-state index contributed by atoms with van der Waals surface area (Å²) in [5, 5.41) is 12.8. The van der Waals surface area contributed by atoms with Gasteiger partial charge in [0.2, 0.25) is 5.91 Å². The fourth-order valence-electron chi connectivity index (χ4n) is 1.54. The maximum absolute atomic E-state index is 11.9. The topological polar surface area (TPSA) is 58.6 Å². The molecule has 2 atom stereocenters. The Morgan fingerprint density at radius 2 is 1.88 bits per heavy atom. The zero-order valence-electron chi connectivity index (χ0n) is 10.8. The number of carbonyl (C=O) groups excluding carboxylic acids is 1. The molecule has 4 nitrogen and oxygen atoms in total. The molecule has 1 heterocycles. The van der Waals surface area contributed by atoms with Crippen LogP contribution in [0.2, 0.25) is 0 Å². The molecule has 1 aliphatic rings. The van der Waals surface area contributed by atoms with E-state index in [0.717, 1.165) is 12.8 Å². The molecule has 0 radical (unpaired) electrons. The van der Waals surface area contributed by atoms with Gasteiger partial charge in [-0.05, 0) is 47.5 Å². The Morgan fingerprint density at radius 1 is 1.31 bits per heavy atom. The second-order valence-corrected chi connectivity index (χ2v) is 5.69. The summed E-state index contributed by atoms with van der Waals surface area (Å²) < 4.78 is 5.49. The zero-order chi connectivity index (χ0) is 12.6. The van der Waals surface area contributed by atoms with Crippen LogP contribution in [0.1, 0.15) is 47.5 Å². The molecule has 1 saturated heterocycles. The van der Waals surface area contributed by atoms with Crippen molar-refractivity contribution in [3.05, 3.63) is 0 Å². The van der Waals surface area contributed by atoms with Crippen LogP contribution in [0.25, 0.3) is 0 Å². The summed E-state index contributed by atoms with van der Waals surface area (Å²) in [6.45, 7) is 8.96. The van der Waals surface area contributed by atoms with E-state index in [0.29, 0.717) is 0 Å². The Bertz CT molecular complexity index is 268. The molecule has 0 aromatic carbocycles. The number of nitrogens with one attached hydrogen (secondary N) is 1. The molecule has 0 aromatic rings. The first-order chi connectivity index (χ1) is 7.13. The van der Waals surface area contributed by atoms with Crippen molar-refractivity contribution in [3.63, 3.8) is 0 Å². The van der Waals surface area contributed by atoms with Gasteiger partial charge in [-0.3, -0.25) is 4.79 Å². The quantitative estimate of drug-likeness (QED) is 0.765. The van der Waals surface area contributed by atoms with Crippen LogP contribution >= 0.6 is 0 Å². The van der Waals surface area contributed by atoms with Gasteiger partial charge in [0.05, 0.1) is 17.2 Å². The van der Waals surface area contributed by atoms with Crippen molar-refractivity contribution >= 4 is 5.91 Å². The normalized spacial score (nSPS) is 26.9. The number of hydrogen-bond donors (Lipinski definition) is 2. The number of hydrogen-bond acceptors (Lipinski definition) is 3. The first-order valence-corrected chi connectivity index (χ1v) is 5.83. The van der Waals surface area contributed by atoms with E-state index in [9.17, 15) is 9.90 Å². The first-order valence-electron chi connectivity index (χ1n) is 5.83. The lowest BCUT2D eigenvalue weighted by atomic mass is 9.86. The third-order valence-electron chi connectivity index (χ3n) is 3.49. The molecular formula is C12H23NO3. The largest absolute Gasteiger partial charge is 0.388 e. The van der Waals surface area contributed by atoms with Gasteiger partial charge in [0.1, 0.15) is 6.10 Å². The van der Waals surface area contributed by atoms with E-state index in [4.69, 9.17) is 4.74 Å². The van der Waals surface area contributed by atoms with E-state index in [1.807, 2.05) is 20.8 Å². The lowest BCUT2D eigenvalue weighted by Gasteiger charge is -2.38. The first kappa shape index (κ1) is 13.5. The van der Waals surface area contributed by atoms with Gasteiger partial charge in [-0.1, -0.05) is 0 Å². The van der Waals surface area contributed by atoms with Crippen molar-refractivity contribution in [1.29, 1.82) is 0 Å². The molecule has 0 aliphatic carbocycles. The van der Waals surface area contributed by atoms with Crippen LogP contribution in [0.3, 0.4) is 0 Å². The predicted octanol–water partition coefficient (Wildman–Crippen LogP) is 1.22. The summed E-state index contributed by atoms with van der Waals surface area (Å²) in [6.07, 6.45) is 1.47. The molecule has 2 unspecified atom stereocenters. The van der Waals surface area contributed by atoms with Crippen LogP contribution in [-0.2, 0) is 9.53 Å². The van der Waals surface area contributed by atoms with E-state index in [-0.39, 0.29) is 18.1 Å². The number of amides is 1. The van der Waals surface area contributed by atoms with Gasteiger partial charge in [-0.25, -0.2) is 0 Å². The second kappa shape index (κ2) is 4.34. The average molecular weight is 229 g/mol. The van der Waals surface area contributed by atoms with Crippen LogP contribution in [0.15, 0.2) is 0 Å². The van der Waals surface area contributed by atoms with Crippen molar-refractivity contribution in [3.8, 4) is 0 Å². The van der Waals surface area contributed by atoms with E-state index in [2.05, 4.69) is 5.32 Å². The summed E-state index contributed by atoms with van der Waals surface area (Å²) in [5.74, 6) is -0.128. The summed E-state index contributed by atoms with van der Waals surface area (Å²) in [6, 6.07) is 0. The molecule has 0 spiro atoms. The molecule has 16 heavy (non-hydrogen) atoms.